The topological polar surface area (TPSA) is 185 Å². The number of carbonyl (C=O) groups is 4. The lowest BCUT2D eigenvalue weighted by molar-refractivity contribution is -0.184. The molecule has 0 radical (unpaired) electrons. The number of hydrogen-bond acceptors (Lipinski definition) is 10. The third-order valence-electron chi connectivity index (χ3n) is 19.3. The summed E-state index contributed by atoms with van der Waals surface area (Å²) < 4.78 is 205. The van der Waals surface area contributed by atoms with Crippen molar-refractivity contribution in [3.63, 3.8) is 0 Å². The van der Waals surface area contributed by atoms with Gasteiger partial charge in [0.1, 0.15) is 0 Å². The number of carbonyl (C=O) groups excluding carboxylic acids is 4. The van der Waals surface area contributed by atoms with Crippen molar-refractivity contribution in [1.82, 2.24) is 38.0 Å². The summed E-state index contributed by atoms with van der Waals surface area (Å²) in [7, 11) is -11.4. The maximum Gasteiger partial charge on any atom is 0.518 e. The van der Waals surface area contributed by atoms with E-state index in [4.69, 9.17) is 46.4 Å². The summed E-state index contributed by atoms with van der Waals surface area (Å²) in [4.78, 5) is 59.0. The number of halogens is 16. The van der Waals surface area contributed by atoms with E-state index in [-0.39, 0.29) is 125 Å². The first-order chi connectivity index (χ1) is 45.9. The zero-order chi connectivity index (χ0) is 70.9. The van der Waals surface area contributed by atoms with Gasteiger partial charge in [-0.25, -0.2) is 0 Å². The van der Waals surface area contributed by atoms with Gasteiger partial charge in [-0.15, -0.1) is 0 Å². The number of piperidine rings is 2. The van der Waals surface area contributed by atoms with Crippen LogP contribution in [0.3, 0.4) is 0 Å². The molecule has 6 aromatic rings. The van der Waals surface area contributed by atoms with Gasteiger partial charge in [0.2, 0.25) is 11.8 Å². The second kappa shape index (κ2) is 27.7. The molecule has 34 heteroatoms. The average Bonchev–Trinajstić information content (AvgIpc) is 1.59. The molecule has 2 aliphatic carbocycles. The van der Waals surface area contributed by atoms with Gasteiger partial charge in [0.15, 0.2) is 0 Å². The number of aromatic nitrogens is 4. The van der Waals surface area contributed by atoms with Crippen molar-refractivity contribution in [3.8, 4) is 22.3 Å². The normalized spacial score (nSPS) is 20.9. The summed E-state index contributed by atoms with van der Waals surface area (Å²) in [5.41, 5.74) is -5.92. The third kappa shape index (κ3) is 14.6. The Kier molecular flexibility index (Phi) is 20.6. The van der Waals surface area contributed by atoms with Crippen LogP contribution >= 0.6 is 46.4 Å². The van der Waals surface area contributed by atoms with Crippen molar-refractivity contribution >= 4 is 90.1 Å². The molecule has 2 aromatic heterocycles. The van der Waals surface area contributed by atoms with Crippen molar-refractivity contribution in [2.45, 2.75) is 125 Å². The van der Waals surface area contributed by atoms with E-state index in [2.05, 4.69) is 10.2 Å². The fraction of sp³-hybridized carbons (Fsp3) is 0.469. The summed E-state index contributed by atoms with van der Waals surface area (Å²) in [6.07, 6.45) is -3.71. The maximum absolute atomic E-state index is 13.6. The van der Waals surface area contributed by atoms with Gasteiger partial charge >= 0.3 is 43.4 Å². The van der Waals surface area contributed by atoms with Crippen LogP contribution in [0.25, 0.3) is 22.3 Å². The maximum atomic E-state index is 13.6. The first-order valence-electron chi connectivity index (χ1n) is 31.2. The number of likely N-dealkylation sites (tertiary alicyclic amines) is 4. The Hall–Kier alpha value is -6.60. The number of fused-ring (bicyclic) bond motifs is 2. The smallest absolute Gasteiger partial charge is 0.339 e. The lowest BCUT2D eigenvalue weighted by Gasteiger charge is -2.33. The molecule has 12 rings (SSSR count). The van der Waals surface area contributed by atoms with E-state index in [9.17, 15) is 88.7 Å². The minimum Gasteiger partial charge on any atom is -0.339 e. The Morgan fingerprint density at radius 1 is 0.490 bits per heavy atom. The monoisotopic (exact) mass is 1500 g/mol. The Bertz CT molecular complexity index is 4060. The lowest BCUT2D eigenvalue weighted by Crippen LogP contribution is -2.42. The summed E-state index contributed by atoms with van der Waals surface area (Å²) in [6.45, 7) is 0.719. The molecule has 0 bridgehead atoms. The summed E-state index contributed by atoms with van der Waals surface area (Å²) >= 11 is 26.6. The molecule has 16 nitrogen and oxygen atoms in total. The standard InChI is InChI=1S/2C32H30Cl2F6N4O4S/c33-25-15-21(18-4-6-19(7-5-18)29(45)42-11-9-22(10-12-42)31(35,36)37)16-26(34)23(25)14-20-8-13-43(30(20)46)28-3-1-2-27-24(28)17-44(41-27)49(47,48)32(38,39)40;33-25-15-21(18-4-6-19(7-5-18)29(45)42-11-9-22(10-12-42)31(35,36)37)16-26(34)23(25)14-20-8-13-43(30(20)46)27-2-1-3-28-24(27)17-41-44(28)49(47,48)32(38,39)40/h4-7,15-17,20,22,28H,1-3,8-14H2;4-7,15-17,20,22,27H,1-3,8-14H2/t20-,28?;20-,27?/m00/s1. The van der Waals surface area contributed by atoms with Crippen LogP contribution in [-0.4, -0.2) is 141 Å². The quantitative estimate of drug-likeness (QED) is 0.107. The predicted molar refractivity (Wildman–Crippen MR) is 337 cm³/mol. The lowest BCUT2D eigenvalue weighted by atomic mass is 9.91. The molecule has 0 N–H and O–H groups in total. The third-order valence-corrected chi connectivity index (χ3v) is 23.3. The number of rotatable bonds is 12. The molecule has 0 saturated carbocycles. The Labute approximate surface area is 574 Å². The molecule has 4 atom stereocenters. The van der Waals surface area contributed by atoms with Crippen molar-refractivity contribution in [2.24, 2.45) is 23.7 Å². The summed E-state index contributed by atoms with van der Waals surface area (Å²) in [5, 5.41) is 8.48. The van der Waals surface area contributed by atoms with Crippen LogP contribution in [0.4, 0.5) is 52.7 Å². The van der Waals surface area contributed by atoms with E-state index < -0.39 is 79.2 Å². The fourth-order valence-electron chi connectivity index (χ4n) is 13.9. The predicted octanol–water partition coefficient (Wildman–Crippen LogP) is 14.9. The van der Waals surface area contributed by atoms with Crippen molar-refractivity contribution in [1.29, 1.82) is 0 Å². The van der Waals surface area contributed by atoms with E-state index >= 15 is 0 Å². The molecule has 4 aliphatic heterocycles. The molecule has 4 fully saturated rings. The molecule has 2 unspecified atom stereocenters. The average molecular weight is 1500 g/mol. The summed E-state index contributed by atoms with van der Waals surface area (Å²) in [5.74, 6) is -5.05. The second-order valence-corrected chi connectivity index (χ2v) is 30.3. The first-order valence-corrected chi connectivity index (χ1v) is 35.6. The van der Waals surface area contributed by atoms with Gasteiger partial charge in [0, 0.05) is 99.6 Å². The van der Waals surface area contributed by atoms with Crippen LogP contribution in [0.15, 0.2) is 85.2 Å². The van der Waals surface area contributed by atoms with Gasteiger partial charge in [-0.05, 0) is 172 Å². The van der Waals surface area contributed by atoms with Crippen molar-refractivity contribution in [2.75, 3.05) is 39.3 Å². The molecule has 4 saturated heterocycles. The van der Waals surface area contributed by atoms with Gasteiger partial charge < -0.3 is 19.6 Å². The Balaban J connectivity index is 0.000000198. The molecule has 98 heavy (non-hydrogen) atoms. The van der Waals surface area contributed by atoms with E-state index in [1.807, 2.05) is 0 Å². The zero-order valence-electron chi connectivity index (χ0n) is 51.4. The minimum atomic E-state index is -5.71. The van der Waals surface area contributed by atoms with Gasteiger partial charge in [-0.1, -0.05) is 70.7 Å². The number of benzene rings is 4. The number of aryl methyl sites for hydroxylation is 1. The number of amides is 4. The first kappa shape index (κ1) is 72.6. The molecule has 4 aromatic carbocycles. The molecule has 0 spiro atoms. The number of nitrogens with zero attached hydrogens (tertiary/aromatic N) is 8. The van der Waals surface area contributed by atoms with Crippen molar-refractivity contribution < 1.29 is 88.7 Å². The van der Waals surface area contributed by atoms with E-state index in [1.165, 1.54) is 9.80 Å². The van der Waals surface area contributed by atoms with Gasteiger partial charge in [-0.2, -0.15) is 87.9 Å². The number of hydrogen-bond donors (Lipinski definition) is 0. The van der Waals surface area contributed by atoms with E-state index in [0.29, 0.717) is 123 Å². The molecule has 4 amide bonds. The highest BCUT2D eigenvalue weighted by atomic mass is 35.5. The number of alkyl halides is 12. The Morgan fingerprint density at radius 3 is 1.27 bits per heavy atom. The van der Waals surface area contributed by atoms with E-state index in [0.717, 1.165) is 12.4 Å². The highest BCUT2D eigenvalue weighted by Gasteiger charge is 2.52. The molecular formula is C64H60Cl4F12N8O8S2. The molecular weight excluding hydrogens is 1440 g/mol. The van der Waals surface area contributed by atoms with Crippen LogP contribution in [0, 0.1) is 23.7 Å². The van der Waals surface area contributed by atoms with Gasteiger partial charge in [0.25, 0.3) is 11.8 Å². The van der Waals surface area contributed by atoms with Crippen LogP contribution in [0.1, 0.15) is 131 Å². The van der Waals surface area contributed by atoms with Crippen LogP contribution < -0.4 is 0 Å². The second-order valence-electron chi connectivity index (χ2n) is 25.2. The van der Waals surface area contributed by atoms with Gasteiger partial charge in [-0.3, -0.25) is 19.2 Å². The largest absolute Gasteiger partial charge is 0.518 e. The van der Waals surface area contributed by atoms with Gasteiger partial charge in [0.05, 0.1) is 41.5 Å². The minimum absolute atomic E-state index is 0.0252. The fourth-order valence-corrected chi connectivity index (χ4v) is 16.7. The molecule has 6 aliphatic rings. The molecule has 6 heterocycles. The van der Waals surface area contributed by atoms with Crippen LogP contribution in [0.5, 0.6) is 0 Å². The zero-order valence-corrected chi connectivity index (χ0v) is 56.1. The molecule has 528 valence electrons. The van der Waals surface area contributed by atoms with Crippen LogP contribution in [0.2, 0.25) is 20.1 Å². The highest BCUT2D eigenvalue weighted by Crippen LogP contribution is 2.45. The Morgan fingerprint density at radius 2 is 0.878 bits per heavy atom. The SMILES string of the molecule is O=C(c1ccc(-c2cc(Cl)c(C[C@@H]3CCN(C4CCCc5c4cnn5S(=O)(=O)C(F)(F)F)C3=O)c(Cl)c2)cc1)N1CCC(C(F)(F)F)CC1.O=C(c1ccc(-c2cc(Cl)c(C[C@@H]3CCN(C4CCCc5nn(S(=O)(=O)C(F)(F)F)cc54)C3=O)c(Cl)c2)cc1)N1CCC(C(F)(F)F)CC1. The van der Waals surface area contributed by atoms with Crippen molar-refractivity contribution in [3.05, 3.63) is 150 Å². The van der Waals surface area contributed by atoms with E-state index in [1.54, 1.807) is 82.6 Å². The summed E-state index contributed by atoms with van der Waals surface area (Å²) in [6, 6.07) is 18.6. The van der Waals surface area contributed by atoms with Crippen LogP contribution in [-0.2, 0) is 55.3 Å². The highest BCUT2D eigenvalue weighted by molar-refractivity contribution is 7.91.